The molecule has 0 atom stereocenters. The first kappa shape index (κ1) is 17.2. The van der Waals surface area contributed by atoms with Crippen molar-refractivity contribution in [3.05, 3.63) is 69.9 Å². The Labute approximate surface area is 152 Å². The van der Waals surface area contributed by atoms with E-state index in [4.69, 9.17) is 11.6 Å². The van der Waals surface area contributed by atoms with Gasteiger partial charge in [-0.25, -0.2) is 0 Å². The van der Waals surface area contributed by atoms with Crippen LogP contribution in [0.5, 0.6) is 0 Å². The summed E-state index contributed by atoms with van der Waals surface area (Å²) in [5, 5.41) is 15.3. The lowest BCUT2D eigenvalue weighted by Crippen LogP contribution is -2.07. The minimum atomic E-state index is 0.451. The molecule has 0 aliphatic heterocycles. The summed E-state index contributed by atoms with van der Waals surface area (Å²) in [5.41, 5.74) is 5.60. The van der Waals surface area contributed by atoms with E-state index in [1.54, 1.807) is 6.20 Å². The van der Waals surface area contributed by atoms with E-state index >= 15 is 0 Å². The van der Waals surface area contributed by atoms with Crippen molar-refractivity contribution in [1.29, 1.82) is 0 Å². The van der Waals surface area contributed by atoms with Gasteiger partial charge < -0.3 is 10.6 Å². The van der Waals surface area contributed by atoms with E-state index in [2.05, 4.69) is 58.7 Å². The van der Waals surface area contributed by atoms with Crippen LogP contribution in [0.1, 0.15) is 22.3 Å². The lowest BCUT2D eigenvalue weighted by Gasteiger charge is -2.13. The van der Waals surface area contributed by atoms with Gasteiger partial charge in [0.25, 0.3) is 0 Å². The van der Waals surface area contributed by atoms with E-state index in [1.807, 2.05) is 24.3 Å². The summed E-state index contributed by atoms with van der Waals surface area (Å²) >= 11 is 6.17. The summed E-state index contributed by atoms with van der Waals surface area (Å²) in [6, 6.07) is 12.0. The number of rotatable bonds is 5. The highest BCUT2D eigenvalue weighted by Crippen LogP contribution is 2.25. The average Bonchev–Trinajstić information content (AvgIpc) is 2.58. The Kier molecular flexibility index (Phi) is 5.14. The molecule has 128 valence electrons. The zero-order chi connectivity index (χ0) is 17.8. The van der Waals surface area contributed by atoms with Crippen LogP contribution in [0.3, 0.4) is 0 Å². The molecule has 0 saturated carbocycles. The van der Waals surface area contributed by atoms with Crippen molar-refractivity contribution in [2.24, 2.45) is 0 Å². The van der Waals surface area contributed by atoms with Crippen molar-refractivity contribution in [1.82, 2.24) is 15.2 Å². The molecule has 0 saturated heterocycles. The third kappa shape index (κ3) is 4.25. The molecule has 0 fully saturated rings. The van der Waals surface area contributed by atoms with Gasteiger partial charge in [0.05, 0.1) is 6.20 Å². The molecule has 0 unspecified atom stereocenters. The maximum atomic E-state index is 6.17. The third-order valence-electron chi connectivity index (χ3n) is 3.88. The average molecular weight is 354 g/mol. The van der Waals surface area contributed by atoms with E-state index < -0.39 is 0 Å². The van der Waals surface area contributed by atoms with Crippen LogP contribution in [0.4, 0.5) is 17.5 Å². The van der Waals surface area contributed by atoms with Gasteiger partial charge in [-0.15, -0.1) is 5.10 Å². The molecule has 0 spiro atoms. The quantitative estimate of drug-likeness (QED) is 0.689. The molecule has 0 aliphatic carbocycles. The molecule has 0 amide bonds. The Hall–Kier alpha value is -2.66. The molecular weight excluding hydrogens is 334 g/mol. The molecule has 5 nitrogen and oxygen atoms in total. The minimum absolute atomic E-state index is 0.451. The number of hydrogen-bond donors (Lipinski definition) is 2. The first-order chi connectivity index (χ1) is 12.0. The van der Waals surface area contributed by atoms with Crippen molar-refractivity contribution >= 4 is 29.1 Å². The van der Waals surface area contributed by atoms with Crippen molar-refractivity contribution in [2.45, 2.75) is 27.3 Å². The van der Waals surface area contributed by atoms with Crippen LogP contribution in [0, 0.1) is 20.8 Å². The number of aryl methyl sites for hydroxylation is 3. The van der Waals surface area contributed by atoms with Crippen LogP contribution in [-0.2, 0) is 6.54 Å². The Bertz CT molecular complexity index is 871. The summed E-state index contributed by atoms with van der Waals surface area (Å²) in [5.74, 6) is 1.10. The highest BCUT2D eigenvalue weighted by atomic mass is 35.5. The second-order valence-electron chi connectivity index (χ2n) is 6.01. The topological polar surface area (TPSA) is 62.7 Å². The van der Waals surface area contributed by atoms with Gasteiger partial charge in [0, 0.05) is 17.3 Å². The summed E-state index contributed by atoms with van der Waals surface area (Å²) in [4.78, 5) is 4.48. The summed E-state index contributed by atoms with van der Waals surface area (Å²) in [6.45, 7) is 6.78. The van der Waals surface area contributed by atoms with Crippen LogP contribution in [0.15, 0.2) is 42.6 Å². The lowest BCUT2D eigenvalue weighted by molar-refractivity contribution is 0.948. The molecule has 2 N–H and O–H groups in total. The molecule has 1 heterocycles. The van der Waals surface area contributed by atoms with Gasteiger partial charge in [-0.05, 0) is 43.5 Å². The second kappa shape index (κ2) is 7.49. The molecule has 0 radical (unpaired) electrons. The van der Waals surface area contributed by atoms with Gasteiger partial charge >= 0.3 is 0 Å². The molecular formula is C19H20ClN5. The van der Waals surface area contributed by atoms with Gasteiger partial charge in [0.15, 0.2) is 5.82 Å². The van der Waals surface area contributed by atoms with Gasteiger partial charge in [0.2, 0.25) is 5.95 Å². The minimum Gasteiger partial charge on any atom is -0.349 e. The molecule has 0 bridgehead atoms. The number of halogens is 1. The molecule has 0 aliphatic rings. The first-order valence-corrected chi connectivity index (χ1v) is 8.42. The maximum absolute atomic E-state index is 6.17. The van der Waals surface area contributed by atoms with Crippen LogP contribution >= 0.6 is 11.6 Å². The summed E-state index contributed by atoms with van der Waals surface area (Å²) < 4.78 is 0. The van der Waals surface area contributed by atoms with Crippen LogP contribution in [0.25, 0.3) is 0 Å². The monoisotopic (exact) mass is 353 g/mol. The van der Waals surface area contributed by atoms with Crippen LogP contribution < -0.4 is 10.6 Å². The van der Waals surface area contributed by atoms with Crippen LogP contribution in [-0.4, -0.2) is 15.2 Å². The van der Waals surface area contributed by atoms with E-state index in [1.165, 1.54) is 16.7 Å². The Morgan fingerprint density at radius 3 is 2.48 bits per heavy atom. The smallest absolute Gasteiger partial charge is 0.244 e. The van der Waals surface area contributed by atoms with E-state index in [-0.39, 0.29) is 0 Å². The fraction of sp³-hybridized carbons (Fsp3) is 0.211. The fourth-order valence-electron chi connectivity index (χ4n) is 2.76. The molecule has 2 aromatic carbocycles. The molecule has 25 heavy (non-hydrogen) atoms. The summed E-state index contributed by atoms with van der Waals surface area (Å²) in [6.07, 6.45) is 1.61. The van der Waals surface area contributed by atoms with Crippen LogP contribution in [0.2, 0.25) is 5.02 Å². The number of nitrogens with zero attached hydrogens (tertiary/aromatic N) is 3. The van der Waals surface area contributed by atoms with Crippen molar-refractivity contribution in [3.8, 4) is 0 Å². The van der Waals surface area contributed by atoms with Crippen molar-refractivity contribution < 1.29 is 0 Å². The standard InChI is InChI=1S/C19H20ClN5/c1-12-8-13(2)18(14(3)9-12)23-17-11-22-25-19(24-17)21-10-15-6-4-5-7-16(15)20/h4-9,11H,10H2,1-3H3,(H2,21,23,24,25). The SMILES string of the molecule is Cc1cc(C)c(Nc2cnnc(NCc3ccccc3Cl)n2)c(C)c1. The lowest BCUT2D eigenvalue weighted by atomic mass is 10.1. The predicted molar refractivity (Wildman–Crippen MR) is 103 cm³/mol. The summed E-state index contributed by atoms with van der Waals surface area (Å²) in [7, 11) is 0. The largest absolute Gasteiger partial charge is 0.349 e. The second-order valence-corrected chi connectivity index (χ2v) is 6.42. The highest BCUT2D eigenvalue weighted by Gasteiger charge is 2.07. The van der Waals surface area contributed by atoms with Gasteiger partial charge in [-0.1, -0.05) is 47.5 Å². The fourth-order valence-corrected chi connectivity index (χ4v) is 2.96. The van der Waals surface area contributed by atoms with E-state index in [0.717, 1.165) is 11.3 Å². The first-order valence-electron chi connectivity index (χ1n) is 8.05. The van der Waals surface area contributed by atoms with Gasteiger partial charge in [-0.2, -0.15) is 10.1 Å². The Morgan fingerprint density at radius 2 is 1.76 bits per heavy atom. The van der Waals surface area contributed by atoms with Crippen molar-refractivity contribution in [2.75, 3.05) is 10.6 Å². The zero-order valence-corrected chi connectivity index (χ0v) is 15.2. The third-order valence-corrected chi connectivity index (χ3v) is 4.25. The van der Waals surface area contributed by atoms with Gasteiger partial charge in [0.1, 0.15) is 0 Å². The molecule has 1 aromatic heterocycles. The number of aromatic nitrogens is 3. The van der Waals surface area contributed by atoms with Crippen molar-refractivity contribution in [3.63, 3.8) is 0 Å². The number of anilines is 3. The zero-order valence-electron chi connectivity index (χ0n) is 14.5. The molecule has 3 rings (SSSR count). The highest BCUT2D eigenvalue weighted by molar-refractivity contribution is 6.31. The van der Waals surface area contributed by atoms with E-state index in [9.17, 15) is 0 Å². The van der Waals surface area contributed by atoms with Gasteiger partial charge in [-0.3, -0.25) is 0 Å². The maximum Gasteiger partial charge on any atom is 0.244 e. The number of nitrogens with one attached hydrogen (secondary N) is 2. The Morgan fingerprint density at radius 1 is 1.04 bits per heavy atom. The predicted octanol–water partition coefficient (Wildman–Crippen LogP) is 4.81. The van der Waals surface area contributed by atoms with E-state index in [0.29, 0.717) is 23.3 Å². The number of hydrogen-bond acceptors (Lipinski definition) is 5. The number of benzene rings is 2. The Balaban J connectivity index is 1.75. The molecule has 6 heteroatoms. The molecule has 3 aromatic rings. The normalized spacial score (nSPS) is 10.6.